The predicted molar refractivity (Wildman–Crippen MR) is 47.0 cm³/mol. The Labute approximate surface area is 60.8 Å². The summed E-state index contributed by atoms with van der Waals surface area (Å²) in [6, 6.07) is 1.47. The fraction of sp³-hybridized carbons (Fsp3) is 1.00. The van der Waals surface area contributed by atoms with Crippen LogP contribution in [0.4, 0.5) is 0 Å². The summed E-state index contributed by atoms with van der Waals surface area (Å²) in [7, 11) is -0.665. The van der Waals surface area contributed by atoms with E-state index in [4.69, 9.17) is 0 Å². The minimum atomic E-state index is -0.665. The van der Waals surface area contributed by atoms with E-state index < -0.39 is 8.07 Å². The molecule has 0 fully saturated rings. The Morgan fingerprint density at radius 2 is 1.71 bits per heavy atom. The van der Waals surface area contributed by atoms with E-state index in [0.29, 0.717) is 0 Å². The highest BCUT2D eigenvalue weighted by Crippen LogP contribution is 2.08. The molecule has 0 bridgehead atoms. The number of rotatable bonds is 2. The van der Waals surface area contributed by atoms with Gasteiger partial charge in [0.05, 0.1) is 0 Å². The second-order valence-electron chi connectivity index (χ2n) is 3.00. The van der Waals surface area contributed by atoms with Crippen LogP contribution in [0.15, 0.2) is 0 Å². The Bertz CT molecular complexity index is 46.5. The molecule has 0 saturated carbocycles. The van der Waals surface area contributed by atoms with Gasteiger partial charge in [0.2, 0.25) is 0 Å². The highest BCUT2D eigenvalue weighted by atomic mass is 127. The Balaban J connectivity index is 3.15. The minimum absolute atomic E-state index is 0.665. The first-order valence-electron chi connectivity index (χ1n) is 2.62. The molecule has 0 amide bonds. The first-order chi connectivity index (χ1) is 3.06. The van der Waals surface area contributed by atoms with Crippen LogP contribution >= 0.6 is 22.6 Å². The lowest BCUT2D eigenvalue weighted by Crippen LogP contribution is -2.19. The molecule has 0 saturated heterocycles. The van der Waals surface area contributed by atoms with Crippen LogP contribution < -0.4 is 0 Å². The maximum absolute atomic E-state index is 2.45. The lowest BCUT2D eigenvalue weighted by Gasteiger charge is -2.11. The van der Waals surface area contributed by atoms with Gasteiger partial charge in [-0.05, 0) is 10.5 Å². The molecule has 0 heterocycles. The minimum Gasteiger partial charge on any atom is -0.0867 e. The van der Waals surface area contributed by atoms with Crippen LogP contribution in [-0.2, 0) is 0 Å². The van der Waals surface area contributed by atoms with Crippen molar-refractivity contribution in [2.24, 2.45) is 0 Å². The molecule has 0 aliphatic carbocycles. The summed E-state index contributed by atoms with van der Waals surface area (Å²) in [5.74, 6) is 0. The van der Waals surface area contributed by atoms with Crippen molar-refractivity contribution in [2.75, 3.05) is 4.43 Å². The number of alkyl halides is 1. The third-order valence-corrected chi connectivity index (χ3v) is 4.15. The van der Waals surface area contributed by atoms with Gasteiger partial charge in [0, 0.05) is 8.07 Å². The molecule has 0 unspecified atom stereocenters. The molecule has 0 aromatic carbocycles. The van der Waals surface area contributed by atoms with Crippen LogP contribution in [0.2, 0.25) is 25.7 Å². The maximum Gasteiger partial charge on any atom is 0.0450 e. The summed E-state index contributed by atoms with van der Waals surface area (Å²) in [5, 5.41) is 0. The van der Waals surface area contributed by atoms with Crippen molar-refractivity contribution in [1.29, 1.82) is 0 Å². The lowest BCUT2D eigenvalue weighted by atomic mass is 11.0. The maximum atomic E-state index is 2.45. The van der Waals surface area contributed by atoms with Gasteiger partial charge in [0.1, 0.15) is 0 Å². The van der Waals surface area contributed by atoms with E-state index in [2.05, 4.69) is 42.2 Å². The highest BCUT2D eigenvalue weighted by molar-refractivity contribution is 14.1. The van der Waals surface area contributed by atoms with Crippen molar-refractivity contribution >= 4 is 30.7 Å². The summed E-state index contributed by atoms with van der Waals surface area (Å²) in [5.41, 5.74) is 0. The fourth-order valence-electron chi connectivity index (χ4n) is 0.283. The molecule has 0 aromatic heterocycles. The molecule has 0 aliphatic heterocycles. The van der Waals surface area contributed by atoms with Crippen molar-refractivity contribution in [1.82, 2.24) is 0 Å². The van der Waals surface area contributed by atoms with E-state index in [0.717, 1.165) is 0 Å². The Morgan fingerprint density at radius 1 is 1.29 bits per heavy atom. The molecule has 0 atom stereocenters. The summed E-state index contributed by atoms with van der Waals surface area (Å²) >= 11 is 2.45. The van der Waals surface area contributed by atoms with Crippen LogP contribution in [0.1, 0.15) is 0 Å². The second-order valence-corrected chi connectivity index (χ2v) is 9.70. The van der Waals surface area contributed by atoms with E-state index in [9.17, 15) is 0 Å². The zero-order valence-corrected chi connectivity index (χ0v) is 8.45. The smallest absolute Gasteiger partial charge is 0.0450 e. The third kappa shape index (κ3) is 6.95. The van der Waals surface area contributed by atoms with Crippen molar-refractivity contribution < 1.29 is 0 Å². The Hall–Kier alpha value is 0.947. The summed E-state index contributed by atoms with van der Waals surface area (Å²) in [6.45, 7) is 7.23. The van der Waals surface area contributed by atoms with Gasteiger partial charge >= 0.3 is 0 Å². The zero-order valence-electron chi connectivity index (χ0n) is 5.29. The van der Waals surface area contributed by atoms with Crippen LogP contribution in [0.3, 0.4) is 0 Å². The predicted octanol–water partition coefficient (Wildman–Crippen LogP) is 2.76. The number of halogens is 1. The molecule has 0 N–H and O–H groups in total. The fourth-order valence-corrected chi connectivity index (χ4v) is 5.70. The third-order valence-electron chi connectivity index (χ3n) is 0.844. The first kappa shape index (κ1) is 7.95. The second kappa shape index (κ2) is 3.07. The highest BCUT2D eigenvalue weighted by Gasteiger charge is 2.09. The van der Waals surface area contributed by atoms with Gasteiger partial charge in [-0.25, -0.2) is 0 Å². The molecule has 44 valence electrons. The van der Waals surface area contributed by atoms with E-state index in [1.807, 2.05) is 0 Å². The van der Waals surface area contributed by atoms with Crippen LogP contribution in [-0.4, -0.2) is 12.5 Å². The molecule has 0 nitrogen and oxygen atoms in total. The first-order valence-corrected chi connectivity index (χ1v) is 7.85. The van der Waals surface area contributed by atoms with E-state index in [1.165, 1.54) is 10.5 Å². The molecule has 0 aliphatic rings. The van der Waals surface area contributed by atoms with Crippen molar-refractivity contribution in [2.45, 2.75) is 25.7 Å². The number of hydrogen-bond acceptors (Lipinski definition) is 0. The molecule has 0 rings (SSSR count). The molecule has 0 spiro atoms. The molecule has 2 heteroatoms. The standard InChI is InChI=1S/C5H13ISi/c1-7(2,3)5-4-6/h4-5H2,1-3H3. The van der Waals surface area contributed by atoms with Gasteiger partial charge in [-0.15, -0.1) is 0 Å². The molecule has 7 heavy (non-hydrogen) atoms. The quantitative estimate of drug-likeness (QED) is 0.387. The topological polar surface area (TPSA) is 0 Å². The largest absolute Gasteiger partial charge is 0.0867 e. The van der Waals surface area contributed by atoms with Crippen molar-refractivity contribution in [3.63, 3.8) is 0 Å². The normalized spacial score (nSPS) is 12.0. The number of hydrogen-bond donors (Lipinski definition) is 0. The average molecular weight is 228 g/mol. The Kier molecular flexibility index (Phi) is 3.48. The van der Waals surface area contributed by atoms with Gasteiger partial charge in [0.25, 0.3) is 0 Å². The SMILES string of the molecule is C[Si](C)(C)CCI. The van der Waals surface area contributed by atoms with Crippen LogP contribution in [0, 0.1) is 0 Å². The van der Waals surface area contributed by atoms with Crippen molar-refractivity contribution in [3.8, 4) is 0 Å². The summed E-state index contributed by atoms with van der Waals surface area (Å²) in [6.07, 6.45) is 0. The average Bonchev–Trinajstić information content (AvgIpc) is 1.30. The van der Waals surface area contributed by atoms with Crippen LogP contribution in [0.5, 0.6) is 0 Å². The Morgan fingerprint density at radius 3 is 1.71 bits per heavy atom. The van der Waals surface area contributed by atoms with Gasteiger partial charge < -0.3 is 0 Å². The lowest BCUT2D eigenvalue weighted by molar-refractivity contribution is 1.41. The van der Waals surface area contributed by atoms with E-state index in [-0.39, 0.29) is 0 Å². The summed E-state index contributed by atoms with van der Waals surface area (Å²) in [4.78, 5) is 0. The van der Waals surface area contributed by atoms with Gasteiger partial charge in [-0.3, -0.25) is 0 Å². The van der Waals surface area contributed by atoms with Gasteiger partial charge in [0.15, 0.2) is 0 Å². The monoisotopic (exact) mass is 228 g/mol. The van der Waals surface area contributed by atoms with Crippen molar-refractivity contribution in [3.05, 3.63) is 0 Å². The zero-order chi connectivity index (χ0) is 5.91. The molecular weight excluding hydrogens is 215 g/mol. The molecule has 0 aromatic rings. The molecular formula is C5H13ISi. The van der Waals surface area contributed by atoms with Gasteiger partial charge in [-0.2, -0.15) is 0 Å². The van der Waals surface area contributed by atoms with E-state index >= 15 is 0 Å². The molecule has 0 radical (unpaired) electrons. The van der Waals surface area contributed by atoms with Gasteiger partial charge in [-0.1, -0.05) is 42.2 Å². The summed E-state index contributed by atoms with van der Waals surface area (Å²) < 4.78 is 1.34. The van der Waals surface area contributed by atoms with Crippen LogP contribution in [0.25, 0.3) is 0 Å². The van der Waals surface area contributed by atoms with E-state index in [1.54, 1.807) is 0 Å².